The standard InChI is InChI=1S/C22H24F3N3O5/c23-22(24,25)16-8-6-14(7-9-16)10-18(20(26)31)28-19(30)11-17(29)12-27-21(32)33-13-15-4-2-1-3-5-15/h1-9,17-18,29H,10-13H2,(H2,26,31)(H,27,32)(H,28,30)/t17-,18-/m1/s1. The van der Waals surface area contributed by atoms with Gasteiger partial charge in [-0.25, -0.2) is 4.79 Å². The fourth-order valence-corrected chi connectivity index (χ4v) is 2.80. The van der Waals surface area contributed by atoms with Crippen LogP contribution in [0, 0.1) is 0 Å². The third-order valence-corrected chi connectivity index (χ3v) is 4.52. The molecule has 2 aromatic rings. The number of aliphatic hydroxyl groups excluding tert-OH is 1. The number of carbonyl (C=O) groups excluding carboxylic acids is 3. The number of ether oxygens (including phenoxy) is 1. The molecule has 178 valence electrons. The van der Waals surface area contributed by atoms with Crippen LogP contribution in [0.5, 0.6) is 0 Å². The van der Waals surface area contributed by atoms with E-state index in [0.717, 1.165) is 17.7 Å². The number of amides is 3. The molecule has 3 amide bonds. The van der Waals surface area contributed by atoms with Crippen LogP contribution >= 0.6 is 0 Å². The SMILES string of the molecule is NC(=O)[C@@H](Cc1ccc(C(F)(F)F)cc1)NC(=O)C[C@@H](O)CNC(=O)OCc1ccccc1. The Morgan fingerprint density at radius 1 is 1.00 bits per heavy atom. The maximum absolute atomic E-state index is 12.6. The Kier molecular flexibility index (Phi) is 9.22. The monoisotopic (exact) mass is 467 g/mol. The van der Waals surface area contributed by atoms with Crippen LogP contribution in [0.3, 0.4) is 0 Å². The fourth-order valence-electron chi connectivity index (χ4n) is 2.80. The van der Waals surface area contributed by atoms with Crippen LogP contribution in [0.4, 0.5) is 18.0 Å². The van der Waals surface area contributed by atoms with E-state index in [0.29, 0.717) is 5.56 Å². The number of carbonyl (C=O) groups is 3. The third-order valence-electron chi connectivity index (χ3n) is 4.52. The molecule has 0 aliphatic carbocycles. The van der Waals surface area contributed by atoms with Crippen LogP contribution in [-0.2, 0) is 33.5 Å². The number of primary amides is 1. The number of nitrogens with two attached hydrogens (primary N) is 1. The van der Waals surface area contributed by atoms with Gasteiger partial charge in [-0.05, 0) is 23.3 Å². The number of alkyl carbamates (subject to hydrolysis) is 1. The molecule has 0 spiro atoms. The van der Waals surface area contributed by atoms with Crippen LogP contribution in [0.1, 0.15) is 23.1 Å². The molecule has 0 aromatic heterocycles. The highest BCUT2D eigenvalue weighted by Gasteiger charge is 2.30. The number of hydrogen-bond acceptors (Lipinski definition) is 5. The summed E-state index contributed by atoms with van der Waals surface area (Å²) in [5.41, 5.74) is 5.56. The molecule has 2 rings (SSSR count). The van der Waals surface area contributed by atoms with Crippen LogP contribution in [-0.4, -0.2) is 41.7 Å². The van der Waals surface area contributed by atoms with Crippen molar-refractivity contribution < 1.29 is 37.4 Å². The van der Waals surface area contributed by atoms with E-state index >= 15 is 0 Å². The Morgan fingerprint density at radius 3 is 2.21 bits per heavy atom. The minimum absolute atomic E-state index is 0.0352. The van der Waals surface area contributed by atoms with Crippen LogP contribution < -0.4 is 16.4 Å². The first-order chi connectivity index (χ1) is 15.5. The van der Waals surface area contributed by atoms with Crippen molar-refractivity contribution in [2.24, 2.45) is 5.73 Å². The molecule has 2 aromatic carbocycles. The Morgan fingerprint density at radius 2 is 1.64 bits per heavy atom. The molecule has 0 heterocycles. The molecule has 0 bridgehead atoms. The zero-order valence-corrected chi connectivity index (χ0v) is 17.5. The van der Waals surface area contributed by atoms with E-state index in [4.69, 9.17) is 10.5 Å². The third kappa shape index (κ3) is 9.19. The van der Waals surface area contributed by atoms with Crippen molar-refractivity contribution in [2.75, 3.05) is 6.54 Å². The molecule has 5 N–H and O–H groups in total. The van der Waals surface area contributed by atoms with Gasteiger partial charge in [0.05, 0.1) is 18.1 Å². The van der Waals surface area contributed by atoms with E-state index in [9.17, 15) is 32.7 Å². The molecule has 0 unspecified atom stereocenters. The molecule has 0 fully saturated rings. The Bertz CT molecular complexity index is 937. The molecule has 0 saturated carbocycles. The Labute approximate surface area is 187 Å². The van der Waals surface area contributed by atoms with E-state index in [-0.39, 0.29) is 19.6 Å². The first-order valence-electron chi connectivity index (χ1n) is 9.92. The van der Waals surface area contributed by atoms with Gasteiger partial charge in [-0.2, -0.15) is 13.2 Å². The van der Waals surface area contributed by atoms with Gasteiger partial charge in [0.15, 0.2) is 0 Å². The Hall–Kier alpha value is -3.60. The molecule has 0 saturated heterocycles. The van der Waals surface area contributed by atoms with Crippen molar-refractivity contribution in [3.63, 3.8) is 0 Å². The maximum atomic E-state index is 12.6. The highest BCUT2D eigenvalue weighted by molar-refractivity contribution is 5.87. The van der Waals surface area contributed by atoms with Gasteiger partial charge in [-0.15, -0.1) is 0 Å². The van der Waals surface area contributed by atoms with Crippen molar-refractivity contribution in [1.29, 1.82) is 0 Å². The van der Waals surface area contributed by atoms with Gasteiger partial charge in [0.1, 0.15) is 12.6 Å². The first kappa shape index (κ1) is 25.7. The van der Waals surface area contributed by atoms with E-state index in [2.05, 4.69) is 10.6 Å². The second-order valence-corrected chi connectivity index (χ2v) is 7.22. The number of benzene rings is 2. The summed E-state index contributed by atoms with van der Waals surface area (Å²) < 4.78 is 42.9. The first-order valence-corrected chi connectivity index (χ1v) is 9.92. The number of aliphatic hydroxyl groups is 1. The quantitative estimate of drug-likeness (QED) is 0.424. The lowest BCUT2D eigenvalue weighted by molar-refractivity contribution is -0.137. The molecule has 0 radical (unpaired) electrons. The Balaban J connectivity index is 1.77. The molecular weight excluding hydrogens is 443 g/mol. The van der Waals surface area contributed by atoms with Gasteiger partial charge < -0.3 is 26.2 Å². The summed E-state index contributed by atoms with van der Waals surface area (Å²) in [6, 6.07) is 11.8. The van der Waals surface area contributed by atoms with Gasteiger partial charge >= 0.3 is 12.3 Å². The lowest BCUT2D eigenvalue weighted by atomic mass is 10.0. The second kappa shape index (κ2) is 11.9. The minimum atomic E-state index is -4.49. The molecular formula is C22H24F3N3O5. The van der Waals surface area contributed by atoms with Crippen molar-refractivity contribution in [3.05, 3.63) is 71.3 Å². The van der Waals surface area contributed by atoms with Crippen LogP contribution in [0.15, 0.2) is 54.6 Å². The number of alkyl halides is 3. The topological polar surface area (TPSA) is 131 Å². The van der Waals surface area contributed by atoms with E-state index < -0.39 is 48.2 Å². The van der Waals surface area contributed by atoms with Gasteiger partial charge in [-0.1, -0.05) is 42.5 Å². The maximum Gasteiger partial charge on any atom is 0.416 e. The number of hydrogen-bond donors (Lipinski definition) is 4. The second-order valence-electron chi connectivity index (χ2n) is 7.22. The number of halogens is 3. The van der Waals surface area contributed by atoms with Gasteiger partial charge in [0.2, 0.25) is 11.8 Å². The summed E-state index contributed by atoms with van der Waals surface area (Å²) in [5, 5.41) is 14.6. The van der Waals surface area contributed by atoms with Gasteiger partial charge in [-0.3, -0.25) is 9.59 Å². The molecule has 33 heavy (non-hydrogen) atoms. The van der Waals surface area contributed by atoms with Crippen molar-refractivity contribution >= 4 is 17.9 Å². The summed E-state index contributed by atoms with van der Waals surface area (Å²) in [6.07, 6.45) is -7.12. The van der Waals surface area contributed by atoms with Crippen LogP contribution in [0.2, 0.25) is 0 Å². The zero-order chi connectivity index (χ0) is 24.4. The van der Waals surface area contributed by atoms with Crippen molar-refractivity contribution in [2.45, 2.75) is 37.8 Å². The molecule has 0 aliphatic rings. The molecule has 0 aliphatic heterocycles. The van der Waals surface area contributed by atoms with Crippen molar-refractivity contribution in [1.82, 2.24) is 10.6 Å². The summed E-state index contributed by atoms with van der Waals surface area (Å²) in [7, 11) is 0. The summed E-state index contributed by atoms with van der Waals surface area (Å²) in [5.74, 6) is -1.61. The van der Waals surface area contributed by atoms with Crippen molar-refractivity contribution in [3.8, 4) is 0 Å². The largest absolute Gasteiger partial charge is 0.445 e. The molecule has 2 atom stereocenters. The average molecular weight is 467 g/mol. The predicted molar refractivity (Wildman–Crippen MR) is 112 cm³/mol. The van der Waals surface area contributed by atoms with E-state index in [1.54, 1.807) is 24.3 Å². The van der Waals surface area contributed by atoms with Gasteiger partial charge in [0.25, 0.3) is 0 Å². The number of nitrogens with one attached hydrogen (secondary N) is 2. The highest BCUT2D eigenvalue weighted by atomic mass is 19.4. The van der Waals surface area contributed by atoms with Gasteiger partial charge in [0, 0.05) is 13.0 Å². The summed E-state index contributed by atoms with van der Waals surface area (Å²) in [6.45, 7) is -0.241. The van der Waals surface area contributed by atoms with E-state index in [1.807, 2.05) is 6.07 Å². The summed E-state index contributed by atoms with van der Waals surface area (Å²) >= 11 is 0. The molecule has 8 nitrogen and oxygen atoms in total. The molecule has 11 heteroatoms. The number of rotatable bonds is 10. The lowest BCUT2D eigenvalue weighted by Gasteiger charge is -2.18. The summed E-state index contributed by atoms with van der Waals surface area (Å²) in [4.78, 5) is 35.5. The predicted octanol–water partition coefficient (Wildman–Crippen LogP) is 1.90. The zero-order valence-electron chi connectivity index (χ0n) is 17.5. The van der Waals surface area contributed by atoms with Crippen LogP contribution in [0.25, 0.3) is 0 Å². The fraction of sp³-hybridized carbons (Fsp3) is 0.318. The minimum Gasteiger partial charge on any atom is -0.445 e. The highest BCUT2D eigenvalue weighted by Crippen LogP contribution is 2.29. The average Bonchev–Trinajstić information content (AvgIpc) is 2.76. The normalized spacial score (nSPS) is 13.0. The lowest BCUT2D eigenvalue weighted by Crippen LogP contribution is -2.47. The van der Waals surface area contributed by atoms with E-state index in [1.165, 1.54) is 12.1 Å². The smallest absolute Gasteiger partial charge is 0.416 e.